The quantitative estimate of drug-likeness (QED) is 0.578. The van der Waals surface area contributed by atoms with Gasteiger partial charge in [-0.1, -0.05) is 12.1 Å². The molecular weight excluding hydrogens is 388 g/mol. The van der Waals surface area contributed by atoms with E-state index in [1.54, 1.807) is 24.3 Å². The molecule has 1 heterocycles. The monoisotopic (exact) mass is 412 g/mol. The van der Waals surface area contributed by atoms with Crippen molar-refractivity contribution in [1.29, 1.82) is 0 Å². The summed E-state index contributed by atoms with van der Waals surface area (Å²) < 4.78 is 33.0. The minimum atomic E-state index is -3.11. The minimum absolute atomic E-state index is 0.0327. The topological polar surface area (TPSA) is 128 Å². The Hall–Kier alpha value is -2.62. The van der Waals surface area contributed by atoms with Crippen molar-refractivity contribution < 1.29 is 32.3 Å². The van der Waals surface area contributed by atoms with Crippen LogP contribution in [0.2, 0.25) is 0 Å². The molecule has 154 valence electrons. The van der Waals surface area contributed by atoms with Gasteiger partial charge in [0.05, 0.1) is 30.6 Å². The maximum atomic E-state index is 12.1. The molecule has 1 aliphatic heterocycles. The molecule has 1 saturated heterocycles. The summed E-state index contributed by atoms with van der Waals surface area (Å²) in [5.41, 5.74) is 0.345. The fourth-order valence-corrected chi connectivity index (χ4v) is 4.42. The van der Waals surface area contributed by atoms with Crippen molar-refractivity contribution in [2.75, 3.05) is 25.2 Å². The first kappa shape index (κ1) is 21.7. The largest absolute Gasteiger partial charge is 0.496 e. The molecule has 2 atom stereocenters. The summed E-state index contributed by atoms with van der Waals surface area (Å²) in [5, 5.41) is 5.16. The summed E-state index contributed by atoms with van der Waals surface area (Å²) in [6.07, 6.45) is -0.819. The van der Waals surface area contributed by atoms with Crippen LogP contribution in [0.15, 0.2) is 24.3 Å². The van der Waals surface area contributed by atoms with E-state index in [-0.39, 0.29) is 24.5 Å². The molecule has 0 aliphatic carbocycles. The van der Waals surface area contributed by atoms with E-state index >= 15 is 0 Å². The van der Waals surface area contributed by atoms with Crippen molar-refractivity contribution in [2.24, 2.45) is 0 Å². The number of hydrogen-bond donors (Lipinski definition) is 2. The first-order valence-electron chi connectivity index (χ1n) is 8.83. The van der Waals surface area contributed by atoms with Crippen LogP contribution in [-0.4, -0.2) is 63.5 Å². The van der Waals surface area contributed by atoms with Crippen LogP contribution >= 0.6 is 0 Å². The number of sulfone groups is 1. The van der Waals surface area contributed by atoms with Gasteiger partial charge in [0, 0.05) is 12.6 Å². The molecule has 28 heavy (non-hydrogen) atoms. The van der Waals surface area contributed by atoms with E-state index in [2.05, 4.69) is 10.6 Å². The number of esters is 1. The van der Waals surface area contributed by atoms with Gasteiger partial charge in [0.2, 0.25) is 0 Å². The first-order chi connectivity index (χ1) is 13.2. The third kappa shape index (κ3) is 6.22. The van der Waals surface area contributed by atoms with E-state index in [9.17, 15) is 22.8 Å². The third-order valence-electron chi connectivity index (χ3n) is 4.22. The van der Waals surface area contributed by atoms with E-state index in [1.807, 2.05) is 0 Å². The summed E-state index contributed by atoms with van der Waals surface area (Å²) in [4.78, 5) is 36.0. The first-order valence-corrected chi connectivity index (χ1v) is 10.7. The SMILES string of the molecule is COc1ccccc1C(=O)NCCC(=O)O[C@@H](C)C(=O)N[C@@H]1CCS(=O)(=O)C1. The Labute approximate surface area is 163 Å². The van der Waals surface area contributed by atoms with Gasteiger partial charge in [-0.2, -0.15) is 0 Å². The van der Waals surface area contributed by atoms with Gasteiger partial charge in [0.1, 0.15) is 5.75 Å². The second kappa shape index (κ2) is 9.54. The highest BCUT2D eigenvalue weighted by Crippen LogP contribution is 2.16. The van der Waals surface area contributed by atoms with Crippen LogP contribution in [0.5, 0.6) is 5.75 Å². The molecule has 2 N–H and O–H groups in total. The predicted molar refractivity (Wildman–Crippen MR) is 101 cm³/mol. The Morgan fingerprint density at radius 3 is 2.61 bits per heavy atom. The summed E-state index contributed by atoms with van der Waals surface area (Å²) >= 11 is 0. The average molecular weight is 412 g/mol. The van der Waals surface area contributed by atoms with Gasteiger partial charge in [-0.15, -0.1) is 0 Å². The molecule has 1 aromatic rings. The maximum absolute atomic E-state index is 12.1. The molecule has 0 aromatic heterocycles. The number of para-hydroxylation sites is 1. The van der Waals surface area contributed by atoms with E-state index in [0.29, 0.717) is 17.7 Å². The number of carbonyl (C=O) groups is 3. The molecule has 1 aromatic carbocycles. The smallest absolute Gasteiger partial charge is 0.308 e. The van der Waals surface area contributed by atoms with E-state index < -0.39 is 39.8 Å². The predicted octanol–water partition coefficient (Wildman–Crippen LogP) is 0.0501. The van der Waals surface area contributed by atoms with Crippen LogP contribution in [0, 0.1) is 0 Å². The summed E-state index contributed by atoms with van der Waals surface area (Å²) in [6.45, 7) is 1.44. The van der Waals surface area contributed by atoms with Crippen molar-refractivity contribution in [1.82, 2.24) is 10.6 Å². The molecule has 0 radical (unpaired) electrons. The Morgan fingerprint density at radius 1 is 1.25 bits per heavy atom. The van der Waals surface area contributed by atoms with E-state index in [1.165, 1.54) is 14.0 Å². The molecule has 10 heteroatoms. The van der Waals surface area contributed by atoms with Crippen LogP contribution in [0.4, 0.5) is 0 Å². The Morgan fingerprint density at radius 2 is 1.96 bits per heavy atom. The highest BCUT2D eigenvalue weighted by atomic mass is 32.2. The number of methoxy groups -OCH3 is 1. The molecule has 9 nitrogen and oxygen atoms in total. The molecule has 0 saturated carbocycles. The van der Waals surface area contributed by atoms with Gasteiger partial charge in [-0.05, 0) is 25.5 Å². The van der Waals surface area contributed by atoms with Crippen molar-refractivity contribution >= 4 is 27.6 Å². The normalized spacial score (nSPS) is 18.7. The molecule has 0 bridgehead atoms. The lowest BCUT2D eigenvalue weighted by Crippen LogP contribution is -2.42. The summed E-state index contributed by atoms with van der Waals surface area (Å²) in [5.74, 6) is -1.23. The number of nitrogens with one attached hydrogen (secondary N) is 2. The van der Waals surface area contributed by atoms with Crippen LogP contribution in [0.25, 0.3) is 0 Å². The molecule has 1 aliphatic rings. The average Bonchev–Trinajstić information content (AvgIpc) is 2.99. The second-order valence-electron chi connectivity index (χ2n) is 6.45. The third-order valence-corrected chi connectivity index (χ3v) is 5.99. The number of benzene rings is 1. The Balaban J connectivity index is 1.73. The zero-order valence-electron chi connectivity index (χ0n) is 15.8. The zero-order chi connectivity index (χ0) is 20.7. The van der Waals surface area contributed by atoms with Crippen molar-refractivity contribution in [3.05, 3.63) is 29.8 Å². The number of hydrogen-bond acceptors (Lipinski definition) is 7. The van der Waals surface area contributed by atoms with Gasteiger partial charge < -0.3 is 20.1 Å². The summed E-state index contributed by atoms with van der Waals surface area (Å²) in [7, 11) is -1.65. The fourth-order valence-electron chi connectivity index (χ4n) is 2.74. The number of rotatable bonds is 8. The van der Waals surface area contributed by atoms with Gasteiger partial charge in [-0.25, -0.2) is 8.42 Å². The number of amides is 2. The van der Waals surface area contributed by atoms with Crippen LogP contribution in [-0.2, 0) is 24.2 Å². The number of carbonyl (C=O) groups excluding carboxylic acids is 3. The summed E-state index contributed by atoms with van der Waals surface area (Å²) in [6, 6.07) is 6.22. The second-order valence-corrected chi connectivity index (χ2v) is 8.68. The highest BCUT2D eigenvalue weighted by molar-refractivity contribution is 7.91. The van der Waals surface area contributed by atoms with Crippen molar-refractivity contribution in [3.63, 3.8) is 0 Å². The molecule has 2 rings (SSSR count). The van der Waals surface area contributed by atoms with E-state index in [4.69, 9.17) is 9.47 Å². The van der Waals surface area contributed by atoms with Gasteiger partial charge in [0.15, 0.2) is 15.9 Å². The van der Waals surface area contributed by atoms with Crippen LogP contribution in [0.3, 0.4) is 0 Å². The Kier molecular flexibility index (Phi) is 7.38. The van der Waals surface area contributed by atoms with Gasteiger partial charge >= 0.3 is 5.97 Å². The lowest BCUT2D eigenvalue weighted by Gasteiger charge is -2.16. The van der Waals surface area contributed by atoms with Crippen molar-refractivity contribution in [2.45, 2.75) is 31.9 Å². The fraction of sp³-hybridized carbons (Fsp3) is 0.500. The molecule has 0 spiro atoms. The molecule has 1 fully saturated rings. The highest BCUT2D eigenvalue weighted by Gasteiger charge is 2.30. The van der Waals surface area contributed by atoms with Gasteiger partial charge in [-0.3, -0.25) is 14.4 Å². The van der Waals surface area contributed by atoms with Gasteiger partial charge in [0.25, 0.3) is 11.8 Å². The molecular formula is C18H24N2O7S. The number of ether oxygens (including phenoxy) is 2. The van der Waals surface area contributed by atoms with Crippen molar-refractivity contribution in [3.8, 4) is 5.75 Å². The molecule has 0 unspecified atom stereocenters. The zero-order valence-corrected chi connectivity index (χ0v) is 16.6. The molecule has 2 amide bonds. The van der Waals surface area contributed by atoms with Crippen LogP contribution in [0.1, 0.15) is 30.1 Å². The van der Waals surface area contributed by atoms with Crippen LogP contribution < -0.4 is 15.4 Å². The van der Waals surface area contributed by atoms with E-state index in [0.717, 1.165) is 0 Å². The minimum Gasteiger partial charge on any atom is -0.496 e. The lowest BCUT2D eigenvalue weighted by atomic mass is 10.2. The standard InChI is InChI=1S/C18H24N2O7S/c1-12(17(22)20-13-8-10-28(24,25)11-13)27-16(21)7-9-19-18(23)14-5-3-4-6-15(14)26-2/h3-6,12-13H,7-11H2,1-2H3,(H,19,23)(H,20,22)/t12-,13+/m0/s1. The lowest BCUT2D eigenvalue weighted by molar-refractivity contribution is -0.154. The maximum Gasteiger partial charge on any atom is 0.308 e. The Bertz CT molecular complexity index is 838.